The fourth-order valence-corrected chi connectivity index (χ4v) is 2.94. The molecule has 9 heteroatoms. The van der Waals surface area contributed by atoms with Crippen LogP contribution < -0.4 is 16.5 Å². The van der Waals surface area contributed by atoms with E-state index in [4.69, 9.17) is 4.42 Å². The molecule has 0 atom stereocenters. The lowest BCUT2D eigenvalue weighted by Crippen LogP contribution is -2.27. The largest absolute Gasteiger partial charge is 0.423 e. The number of rotatable bonds is 3. The first-order valence-electron chi connectivity index (χ1n) is 8.14. The number of nitrogens with zero attached hydrogens (tertiary/aromatic N) is 4. The minimum absolute atomic E-state index is 0.202. The van der Waals surface area contributed by atoms with E-state index in [-0.39, 0.29) is 12.1 Å². The maximum absolute atomic E-state index is 12.4. The van der Waals surface area contributed by atoms with Gasteiger partial charge in [-0.15, -0.1) is 0 Å². The van der Waals surface area contributed by atoms with E-state index in [1.807, 2.05) is 6.92 Å². The number of nitrogens with one attached hydrogen (secondary N) is 1. The van der Waals surface area contributed by atoms with Crippen LogP contribution in [-0.2, 0) is 18.4 Å². The summed E-state index contributed by atoms with van der Waals surface area (Å²) in [6.07, 6.45) is 2.74. The van der Waals surface area contributed by atoms with Gasteiger partial charge in [0.15, 0.2) is 5.65 Å². The number of aryl methyl sites for hydroxylation is 2. The van der Waals surface area contributed by atoms with Crippen molar-refractivity contribution in [3.8, 4) is 0 Å². The molecule has 27 heavy (non-hydrogen) atoms. The van der Waals surface area contributed by atoms with Crippen molar-refractivity contribution in [1.82, 2.24) is 19.3 Å². The van der Waals surface area contributed by atoms with Gasteiger partial charge in [-0.3, -0.25) is 18.8 Å². The summed E-state index contributed by atoms with van der Waals surface area (Å²) in [7, 11) is 1.69. The summed E-state index contributed by atoms with van der Waals surface area (Å²) in [5.41, 5.74) is 1.30. The zero-order chi connectivity index (χ0) is 19.1. The van der Waals surface area contributed by atoms with E-state index in [0.29, 0.717) is 22.3 Å². The monoisotopic (exact) mass is 365 g/mol. The number of hydrogen-bond acceptors (Lipinski definition) is 6. The second-order valence-electron chi connectivity index (χ2n) is 6.19. The summed E-state index contributed by atoms with van der Waals surface area (Å²) >= 11 is 0. The van der Waals surface area contributed by atoms with Gasteiger partial charge in [0, 0.05) is 30.3 Å². The molecule has 0 aliphatic carbocycles. The van der Waals surface area contributed by atoms with Crippen molar-refractivity contribution in [3.63, 3.8) is 0 Å². The highest BCUT2D eigenvalue weighted by Crippen LogP contribution is 2.20. The average molecular weight is 365 g/mol. The van der Waals surface area contributed by atoms with E-state index in [1.54, 1.807) is 25.2 Å². The van der Waals surface area contributed by atoms with Gasteiger partial charge in [-0.1, -0.05) is 0 Å². The van der Waals surface area contributed by atoms with E-state index >= 15 is 0 Å². The lowest BCUT2D eigenvalue weighted by atomic mass is 10.1. The number of hydrogen-bond donors (Lipinski definition) is 1. The number of benzene rings is 1. The standard InChI is InChI=1S/C18H15N5O4/c1-10-5-16(25)27-14-6-11(3-4-12(10)14)21-15(24)8-23-9-19-17-13(18(23)26)7-20-22(17)2/h3-7,9H,8H2,1-2H3,(H,21,24). The summed E-state index contributed by atoms with van der Waals surface area (Å²) in [6.45, 7) is 1.61. The van der Waals surface area contributed by atoms with Crippen LogP contribution in [0.4, 0.5) is 5.69 Å². The first kappa shape index (κ1) is 16.7. The van der Waals surface area contributed by atoms with Crippen LogP contribution in [0.15, 0.2) is 50.8 Å². The molecular formula is C18H15N5O4. The van der Waals surface area contributed by atoms with Crippen molar-refractivity contribution in [1.29, 1.82) is 0 Å². The van der Waals surface area contributed by atoms with Crippen molar-refractivity contribution < 1.29 is 9.21 Å². The molecule has 3 aromatic heterocycles. The Morgan fingerprint density at radius 2 is 2.04 bits per heavy atom. The third-order valence-electron chi connectivity index (χ3n) is 4.27. The Morgan fingerprint density at radius 1 is 1.22 bits per heavy atom. The van der Waals surface area contributed by atoms with Crippen LogP contribution in [0, 0.1) is 6.92 Å². The molecule has 1 N–H and O–H groups in total. The molecule has 1 amide bonds. The van der Waals surface area contributed by atoms with Gasteiger partial charge < -0.3 is 9.73 Å². The number of carbonyl (C=O) groups is 1. The predicted molar refractivity (Wildman–Crippen MR) is 98.6 cm³/mol. The number of carbonyl (C=O) groups excluding carboxylic acids is 1. The van der Waals surface area contributed by atoms with Gasteiger partial charge in [-0.05, 0) is 24.6 Å². The molecule has 136 valence electrons. The van der Waals surface area contributed by atoms with E-state index in [9.17, 15) is 14.4 Å². The smallest absolute Gasteiger partial charge is 0.336 e. The van der Waals surface area contributed by atoms with E-state index < -0.39 is 11.5 Å². The molecule has 1 aromatic carbocycles. The molecule has 0 spiro atoms. The van der Waals surface area contributed by atoms with Gasteiger partial charge in [0.1, 0.15) is 23.8 Å². The maximum Gasteiger partial charge on any atom is 0.336 e. The Labute approximate surface area is 151 Å². The highest BCUT2D eigenvalue weighted by Gasteiger charge is 2.12. The van der Waals surface area contributed by atoms with Crippen molar-refractivity contribution in [2.75, 3.05) is 5.32 Å². The normalized spacial score (nSPS) is 11.2. The van der Waals surface area contributed by atoms with E-state index in [1.165, 1.54) is 27.8 Å². The van der Waals surface area contributed by atoms with Crippen LogP contribution in [0.2, 0.25) is 0 Å². The lowest BCUT2D eigenvalue weighted by molar-refractivity contribution is -0.116. The summed E-state index contributed by atoms with van der Waals surface area (Å²) in [4.78, 5) is 40.4. The second-order valence-corrected chi connectivity index (χ2v) is 6.19. The minimum Gasteiger partial charge on any atom is -0.423 e. The van der Waals surface area contributed by atoms with Gasteiger partial charge in [0.05, 0.1) is 6.20 Å². The van der Waals surface area contributed by atoms with Crippen molar-refractivity contribution >= 4 is 33.6 Å². The van der Waals surface area contributed by atoms with Crippen LogP contribution >= 0.6 is 0 Å². The first-order chi connectivity index (χ1) is 12.9. The molecule has 3 heterocycles. The molecule has 0 aliphatic rings. The number of anilines is 1. The van der Waals surface area contributed by atoms with Gasteiger partial charge in [-0.25, -0.2) is 9.78 Å². The third kappa shape index (κ3) is 2.99. The minimum atomic E-state index is -0.453. The SMILES string of the molecule is Cc1cc(=O)oc2cc(NC(=O)Cn3cnc4c(cnn4C)c3=O)ccc12. The average Bonchev–Trinajstić information content (AvgIpc) is 2.98. The quantitative estimate of drug-likeness (QED) is 0.546. The van der Waals surface area contributed by atoms with Crippen LogP contribution in [-0.4, -0.2) is 25.2 Å². The Bertz CT molecular complexity index is 1320. The van der Waals surface area contributed by atoms with Crippen molar-refractivity contribution in [2.45, 2.75) is 13.5 Å². The highest BCUT2D eigenvalue weighted by atomic mass is 16.4. The van der Waals surface area contributed by atoms with E-state index in [2.05, 4.69) is 15.4 Å². The first-order valence-corrected chi connectivity index (χ1v) is 8.14. The Hall–Kier alpha value is -3.75. The molecule has 4 rings (SSSR count). The molecule has 4 aromatic rings. The highest BCUT2D eigenvalue weighted by molar-refractivity contribution is 5.93. The van der Waals surface area contributed by atoms with Crippen LogP contribution in [0.1, 0.15) is 5.56 Å². The molecule has 9 nitrogen and oxygen atoms in total. The van der Waals surface area contributed by atoms with Gasteiger partial charge >= 0.3 is 5.63 Å². The molecular weight excluding hydrogens is 350 g/mol. The molecule has 0 fully saturated rings. The number of aromatic nitrogens is 4. The summed E-state index contributed by atoms with van der Waals surface area (Å²) in [6, 6.07) is 6.46. The lowest BCUT2D eigenvalue weighted by Gasteiger charge is -2.08. The molecule has 0 radical (unpaired) electrons. The third-order valence-corrected chi connectivity index (χ3v) is 4.27. The summed E-state index contributed by atoms with van der Waals surface area (Å²) in [5.74, 6) is -0.406. The predicted octanol–water partition coefficient (Wildman–Crippen LogP) is 1.18. The molecule has 0 saturated heterocycles. The topological polar surface area (TPSA) is 112 Å². The number of amides is 1. The zero-order valence-electron chi connectivity index (χ0n) is 14.6. The van der Waals surface area contributed by atoms with Gasteiger partial charge in [0.25, 0.3) is 5.56 Å². The molecule has 0 saturated carbocycles. The van der Waals surface area contributed by atoms with E-state index in [0.717, 1.165) is 10.9 Å². The van der Waals surface area contributed by atoms with Crippen molar-refractivity contribution in [2.24, 2.45) is 7.05 Å². The fourth-order valence-electron chi connectivity index (χ4n) is 2.94. The summed E-state index contributed by atoms with van der Waals surface area (Å²) < 4.78 is 7.88. The van der Waals surface area contributed by atoms with Crippen LogP contribution in [0.3, 0.4) is 0 Å². The Balaban J connectivity index is 1.59. The van der Waals surface area contributed by atoms with Crippen molar-refractivity contribution in [3.05, 3.63) is 63.1 Å². The Kier molecular flexibility index (Phi) is 3.84. The second kappa shape index (κ2) is 6.20. The fraction of sp³-hybridized carbons (Fsp3) is 0.167. The van der Waals surface area contributed by atoms with Gasteiger partial charge in [-0.2, -0.15) is 5.10 Å². The summed E-state index contributed by atoms with van der Waals surface area (Å²) in [5, 5.41) is 7.82. The molecule has 0 unspecified atom stereocenters. The van der Waals surface area contributed by atoms with Crippen LogP contribution in [0.5, 0.6) is 0 Å². The molecule has 0 aliphatic heterocycles. The zero-order valence-corrected chi connectivity index (χ0v) is 14.6. The Morgan fingerprint density at radius 3 is 2.85 bits per heavy atom. The van der Waals surface area contributed by atoms with Crippen LogP contribution in [0.25, 0.3) is 22.0 Å². The van der Waals surface area contributed by atoms with Gasteiger partial charge in [0.2, 0.25) is 5.91 Å². The molecule has 0 bridgehead atoms. The number of fused-ring (bicyclic) bond motifs is 2. The maximum atomic E-state index is 12.4.